The molecule has 2 aliphatic heterocycles. The van der Waals surface area contributed by atoms with Crippen molar-refractivity contribution in [2.75, 3.05) is 53.4 Å². The van der Waals surface area contributed by atoms with Crippen LogP contribution in [0, 0.1) is 11.8 Å². The molecule has 0 spiro atoms. The molecule has 2 rings (SSSR count). The van der Waals surface area contributed by atoms with Gasteiger partial charge in [-0.15, -0.1) is 0 Å². The summed E-state index contributed by atoms with van der Waals surface area (Å²) < 4.78 is 0. The number of rotatable bonds is 5. The Morgan fingerprint density at radius 1 is 1.29 bits per heavy atom. The first-order valence-electron chi connectivity index (χ1n) is 7.32. The van der Waals surface area contributed by atoms with Crippen LogP contribution in [0.15, 0.2) is 0 Å². The quantitative estimate of drug-likeness (QED) is 0.779. The summed E-state index contributed by atoms with van der Waals surface area (Å²) in [5.74, 6) is 1.84. The molecule has 0 aromatic heterocycles. The molecule has 3 heteroatoms. The Hall–Kier alpha value is -0.120. The van der Waals surface area contributed by atoms with Crippen LogP contribution in [0.3, 0.4) is 0 Å². The summed E-state index contributed by atoms with van der Waals surface area (Å²) in [5.41, 5.74) is 0. The molecule has 1 N–H and O–H groups in total. The summed E-state index contributed by atoms with van der Waals surface area (Å²) in [6, 6.07) is 0. The molecule has 0 aromatic rings. The molecule has 0 aliphatic carbocycles. The molecule has 17 heavy (non-hydrogen) atoms. The van der Waals surface area contributed by atoms with E-state index in [9.17, 15) is 0 Å². The molecule has 0 aromatic carbocycles. The van der Waals surface area contributed by atoms with Crippen molar-refractivity contribution >= 4 is 0 Å². The van der Waals surface area contributed by atoms with Gasteiger partial charge in [-0.05, 0) is 77.8 Å². The third-order valence-corrected chi connectivity index (χ3v) is 4.37. The summed E-state index contributed by atoms with van der Waals surface area (Å²) >= 11 is 0. The number of hydrogen-bond acceptors (Lipinski definition) is 3. The van der Waals surface area contributed by atoms with Crippen molar-refractivity contribution in [3.8, 4) is 0 Å². The molecule has 2 aliphatic rings. The van der Waals surface area contributed by atoms with Gasteiger partial charge in [-0.1, -0.05) is 0 Å². The van der Waals surface area contributed by atoms with Gasteiger partial charge in [0.05, 0.1) is 0 Å². The minimum Gasteiger partial charge on any atom is -0.316 e. The standard InChI is InChI=1S/C14H29N3/c1-16-8-3-4-13(11-16)6-9-17(2)12-14-5-7-15-10-14/h13-15H,3-12H2,1-2H3. The van der Waals surface area contributed by atoms with Crippen molar-refractivity contribution in [2.45, 2.75) is 25.7 Å². The first-order chi connectivity index (χ1) is 8.24. The van der Waals surface area contributed by atoms with E-state index in [-0.39, 0.29) is 0 Å². The van der Waals surface area contributed by atoms with E-state index in [1.807, 2.05) is 0 Å². The van der Waals surface area contributed by atoms with E-state index < -0.39 is 0 Å². The number of nitrogens with one attached hydrogen (secondary N) is 1. The number of hydrogen-bond donors (Lipinski definition) is 1. The molecule has 100 valence electrons. The monoisotopic (exact) mass is 239 g/mol. The van der Waals surface area contributed by atoms with Crippen LogP contribution in [0.25, 0.3) is 0 Å². The van der Waals surface area contributed by atoms with E-state index in [1.165, 1.54) is 65.0 Å². The minimum atomic E-state index is 0.897. The zero-order valence-corrected chi connectivity index (χ0v) is 11.6. The molecule has 2 unspecified atom stereocenters. The average molecular weight is 239 g/mol. The molecular weight excluding hydrogens is 210 g/mol. The molecular formula is C14H29N3. The number of likely N-dealkylation sites (tertiary alicyclic amines) is 1. The molecule has 2 atom stereocenters. The van der Waals surface area contributed by atoms with Gasteiger partial charge in [-0.2, -0.15) is 0 Å². The van der Waals surface area contributed by atoms with Gasteiger partial charge in [-0.25, -0.2) is 0 Å². The van der Waals surface area contributed by atoms with Crippen LogP contribution in [-0.2, 0) is 0 Å². The largest absolute Gasteiger partial charge is 0.316 e. The van der Waals surface area contributed by atoms with Crippen LogP contribution in [0.2, 0.25) is 0 Å². The van der Waals surface area contributed by atoms with Gasteiger partial charge in [-0.3, -0.25) is 0 Å². The van der Waals surface area contributed by atoms with Crippen molar-refractivity contribution in [3.05, 3.63) is 0 Å². The van der Waals surface area contributed by atoms with E-state index in [1.54, 1.807) is 0 Å². The Bertz CT molecular complexity index is 214. The van der Waals surface area contributed by atoms with Crippen LogP contribution in [0.5, 0.6) is 0 Å². The van der Waals surface area contributed by atoms with Gasteiger partial charge < -0.3 is 15.1 Å². The summed E-state index contributed by atoms with van der Waals surface area (Å²) in [6.07, 6.45) is 5.61. The maximum atomic E-state index is 3.46. The van der Waals surface area contributed by atoms with E-state index in [4.69, 9.17) is 0 Å². The van der Waals surface area contributed by atoms with E-state index in [2.05, 4.69) is 29.2 Å². The highest BCUT2D eigenvalue weighted by molar-refractivity contribution is 4.75. The predicted octanol–water partition coefficient (Wildman–Crippen LogP) is 1.26. The van der Waals surface area contributed by atoms with E-state index in [0.29, 0.717) is 0 Å². The fraction of sp³-hybridized carbons (Fsp3) is 1.00. The normalized spacial score (nSPS) is 31.2. The van der Waals surface area contributed by atoms with Gasteiger partial charge in [0, 0.05) is 13.1 Å². The average Bonchev–Trinajstić information content (AvgIpc) is 2.79. The highest BCUT2D eigenvalue weighted by atomic mass is 15.1. The first-order valence-corrected chi connectivity index (χ1v) is 7.32. The maximum Gasteiger partial charge on any atom is 0.00192 e. The van der Waals surface area contributed by atoms with Crippen LogP contribution in [-0.4, -0.2) is 63.2 Å². The summed E-state index contributed by atoms with van der Waals surface area (Å²) in [4.78, 5) is 5.04. The fourth-order valence-electron chi connectivity index (χ4n) is 3.31. The summed E-state index contributed by atoms with van der Waals surface area (Å²) in [7, 11) is 4.56. The second-order valence-corrected chi connectivity index (χ2v) is 6.18. The lowest BCUT2D eigenvalue weighted by atomic mass is 9.95. The molecule has 3 nitrogen and oxygen atoms in total. The second-order valence-electron chi connectivity index (χ2n) is 6.18. The first kappa shape index (κ1) is 13.3. The van der Waals surface area contributed by atoms with Crippen molar-refractivity contribution in [2.24, 2.45) is 11.8 Å². The van der Waals surface area contributed by atoms with Gasteiger partial charge in [0.25, 0.3) is 0 Å². The Balaban J connectivity index is 1.59. The zero-order valence-electron chi connectivity index (χ0n) is 11.6. The summed E-state index contributed by atoms with van der Waals surface area (Å²) in [5, 5.41) is 3.46. The molecule has 0 bridgehead atoms. The second kappa shape index (κ2) is 6.72. The van der Waals surface area contributed by atoms with Gasteiger partial charge in [0.15, 0.2) is 0 Å². The Morgan fingerprint density at radius 3 is 2.88 bits per heavy atom. The highest BCUT2D eigenvalue weighted by Gasteiger charge is 2.19. The van der Waals surface area contributed by atoms with Crippen LogP contribution < -0.4 is 5.32 Å². The van der Waals surface area contributed by atoms with Crippen molar-refractivity contribution in [1.29, 1.82) is 0 Å². The van der Waals surface area contributed by atoms with Crippen molar-refractivity contribution in [3.63, 3.8) is 0 Å². The lowest BCUT2D eigenvalue weighted by Crippen LogP contribution is -2.35. The lowest BCUT2D eigenvalue weighted by molar-refractivity contribution is 0.181. The molecule has 2 heterocycles. The van der Waals surface area contributed by atoms with Gasteiger partial charge in [0.1, 0.15) is 0 Å². The SMILES string of the molecule is CN1CCCC(CCN(C)CC2CCNC2)C1. The smallest absolute Gasteiger partial charge is 0.00192 e. The van der Waals surface area contributed by atoms with Gasteiger partial charge in [0.2, 0.25) is 0 Å². The molecule has 2 saturated heterocycles. The predicted molar refractivity (Wildman–Crippen MR) is 73.3 cm³/mol. The zero-order chi connectivity index (χ0) is 12.1. The molecule has 0 radical (unpaired) electrons. The number of piperidine rings is 1. The Kier molecular flexibility index (Phi) is 5.26. The maximum absolute atomic E-state index is 3.46. The fourth-order valence-corrected chi connectivity index (χ4v) is 3.31. The van der Waals surface area contributed by atoms with Gasteiger partial charge >= 0.3 is 0 Å². The van der Waals surface area contributed by atoms with Crippen LogP contribution >= 0.6 is 0 Å². The molecule has 2 fully saturated rings. The van der Waals surface area contributed by atoms with Crippen LogP contribution in [0.1, 0.15) is 25.7 Å². The number of nitrogens with zero attached hydrogens (tertiary/aromatic N) is 2. The van der Waals surface area contributed by atoms with Crippen LogP contribution in [0.4, 0.5) is 0 Å². The molecule has 0 saturated carbocycles. The van der Waals surface area contributed by atoms with Crippen molar-refractivity contribution in [1.82, 2.24) is 15.1 Å². The Labute approximate surface area is 107 Å². The third kappa shape index (κ3) is 4.57. The summed E-state index contributed by atoms with van der Waals surface area (Å²) in [6.45, 7) is 7.66. The van der Waals surface area contributed by atoms with E-state index in [0.717, 1.165) is 11.8 Å². The highest BCUT2D eigenvalue weighted by Crippen LogP contribution is 2.19. The minimum absolute atomic E-state index is 0.897. The Morgan fingerprint density at radius 2 is 2.18 bits per heavy atom. The lowest BCUT2D eigenvalue weighted by Gasteiger charge is -2.31. The van der Waals surface area contributed by atoms with E-state index >= 15 is 0 Å². The third-order valence-electron chi connectivity index (χ3n) is 4.37. The molecule has 0 amide bonds. The topological polar surface area (TPSA) is 18.5 Å². The van der Waals surface area contributed by atoms with Crippen molar-refractivity contribution < 1.29 is 0 Å².